The van der Waals surface area contributed by atoms with E-state index in [9.17, 15) is 9.36 Å². The summed E-state index contributed by atoms with van der Waals surface area (Å²) in [4.78, 5) is 20.8. The van der Waals surface area contributed by atoms with E-state index in [2.05, 4.69) is 48.7 Å². The molecule has 85 heavy (non-hydrogen) atoms. The van der Waals surface area contributed by atoms with Crippen LogP contribution in [0.25, 0.3) is 0 Å². The predicted octanol–water partition coefficient (Wildman–Crippen LogP) is 6.95. The monoisotopic (exact) mass is 5260 g/mol. The van der Waals surface area contributed by atoms with Crippen molar-refractivity contribution in [1.29, 1.82) is 0 Å². The van der Waals surface area contributed by atoms with Crippen LogP contribution in [0.2, 0.25) is 0 Å². The molecule has 342 valence electrons. The standard InChI is InChI=1S/C25H46NO4P.54Y/c1-3-4-5-6-7-8-9-10-11-12-13-14-15-16-19-22-25(27)26-23-20-17-18-21-24-30-31(2,28)29;;;;;;;;;;;;;;;;;;;;;;;;;;;;;;;;;;;;;;;;;;;;;;;;;;;;;;/h4-5,7-8,10-11H,3,6,9,12-24H2,1-2H3,(H,26,27)(H,28,29);;;;;;;;;;;;;;;;;;;;;;;;;;;;;;;;;;;;;;;;;;;;;;;;;;;;;;/b5-4-,8-7-,11-10-;;;;;;;;;;;;;;;;;;;;;;;;;;;;;;;;;;;;;;;;;;;;;;;;;;;;;;. The second-order valence-electron chi connectivity index (χ2n) is 8.00. The van der Waals surface area contributed by atoms with Crippen molar-refractivity contribution in [3.63, 3.8) is 0 Å². The summed E-state index contributed by atoms with van der Waals surface area (Å²) in [7, 11) is -3.34. The van der Waals surface area contributed by atoms with Gasteiger partial charge in [0.25, 0.3) is 0 Å². The molecule has 0 aliphatic carbocycles. The summed E-state index contributed by atoms with van der Waals surface area (Å²) in [6, 6.07) is 0. The number of carbonyl (C=O) groups is 1. The molecule has 0 spiro atoms. The zero-order valence-electron chi connectivity index (χ0n) is 51.1. The summed E-state index contributed by atoms with van der Waals surface area (Å²) in [6.45, 7) is 4.39. The summed E-state index contributed by atoms with van der Waals surface area (Å²) in [6.07, 6.45) is 27.7. The average Bonchev–Trinajstić information content (AvgIpc) is 2.72. The van der Waals surface area contributed by atoms with Gasteiger partial charge in [-0.05, 0) is 51.4 Å². The van der Waals surface area contributed by atoms with E-state index in [1.54, 1.807) is 0 Å². The van der Waals surface area contributed by atoms with Gasteiger partial charge in [0.15, 0.2) is 0 Å². The third-order valence-electron chi connectivity index (χ3n) is 4.78. The molecule has 1 atom stereocenters. The molecule has 0 aliphatic heterocycles. The van der Waals surface area contributed by atoms with Gasteiger partial charge >= 0.3 is 7.60 Å². The van der Waals surface area contributed by atoms with Gasteiger partial charge < -0.3 is 14.7 Å². The molecule has 54 radical (unpaired) electrons. The van der Waals surface area contributed by atoms with E-state index >= 15 is 0 Å². The Balaban J connectivity index is -0.00000000314. The quantitative estimate of drug-likeness (QED) is 0.0743. The topological polar surface area (TPSA) is 75.6 Å². The molecule has 2 N–H and O–H groups in total. The fourth-order valence-corrected chi connectivity index (χ4v) is 3.50. The van der Waals surface area contributed by atoms with E-state index in [-0.39, 0.29) is 1770 Å². The van der Waals surface area contributed by atoms with Crippen molar-refractivity contribution in [3.05, 3.63) is 36.5 Å². The fourth-order valence-electron chi connectivity index (χ4n) is 3.04. The molecule has 1 unspecified atom stereocenters. The van der Waals surface area contributed by atoms with Crippen molar-refractivity contribution in [2.45, 2.75) is 96.8 Å². The minimum atomic E-state index is -3.34. The molecule has 1 amide bonds. The third-order valence-corrected chi connectivity index (χ3v) is 5.44. The van der Waals surface area contributed by atoms with Gasteiger partial charge in [-0.15, -0.1) is 0 Å². The van der Waals surface area contributed by atoms with E-state index in [0.717, 1.165) is 64.2 Å². The van der Waals surface area contributed by atoms with Crippen molar-refractivity contribution in [2.24, 2.45) is 0 Å². The summed E-state index contributed by atoms with van der Waals surface area (Å²) >= 11 is 0. The number of hydrogen-bond acceptors (Lipinski definition) is 3. The maximum Gasteiger partial charge on any atom is 0.325 e. The molecule has 0 heterocycles. The van der Waals surface area contributed by atoms with Crippen LogP contribution in [0.15, 0.2) is 36.5 Å². The zero-order valence-corrected chi connectivity index (χ0v) is 205. The van der Waals surface area contributed by atoms with Crippen LogP contribution in [0.5, 0.6) is 0 Å². The number of unbranched alkanes of at least 4 members (excludes halogenated alkanes) is 8. The van der Waals surface area contributed by atoms with Crippen LogP contribution in [0.4, 0.5) is 0 Å². The summed E-state index contributed by atoms with van der Waals surface area (Å²) in [5.41, 5.74) is 0. The van der Waals surface area contributed by atoms with Crippen molar-refractivity contribution in [3.8, 4) is 0 Å². The summed E-state index contributed by atoms with van der Waals surface area (Å²) < 4.78 is 15.8. The van der Waals surface area contributed by atoms with Crippen LogP contribution in [-0.4, -0.2) is 30.6 Å². The van der Waals surface area contributed by atoms with Gasteiger partial charge in [0.2, 0.25) is 5.91 Å². The normalized spacial score (nSPS) is 5.12. The molecule has 0 rings (SSSR count). The van der Waals surface area contributed by atoms with Crippen molar-refractivity contribution in [2.75, 3.05) is 19.8 Å². The molecule has 60 heteroatoms. The number of hydrogen-bond donors (Lipinski definition) is 2. The molecule has 0 saturated heterocycles. The second-order valence-corrected chi connectivity index (χ2v) is 9.86. The average molecular weight is 5260 g/mol. The zero-order chi connectivity index (χ0) is 23.0. The van der Waals surface area contributed by atoms with Crippen molar-refractivity contribution in [1.82, 2.24) is 5.32 Å². The van der Waals surface area contributed by atoms with Gasteiger partial charge in [0.1, 0.15) is 0 Å². The summed E-state index contributed by atoms with van der Waals surface area (Å²) in [5, 5.41) is 2.97. The smallest absolute Gasteiger partial charge is 0.325 e. The Morgan fingerprint density at radius 1 is 0.318 bits per heavy atom. The Labute approximate surface area is 1890 Å². The minimum absolute atomic E-state index is 0. The van der Waals surface area contributed by atoms with Crippen LogP contribution >= 0.6 is 7.60 Å². The molecule has 0 aromatic heterocycles. The fraction of sp³-hybridized carbons (Fsp3) is 0.720. The Kier molecular flexibility index (Phi) is 1490. The van der Waals surface area contributed by atoms with Gasteiger partial charge in [-0.1, -0.05) is 75.5 Å². The summed E-state index contributed by atoms with van der Waals surface area (Å²) in [5.74, 6) is 0.150. The Morgan fingerprint density at radius 3 is 0.788 bits per heavy atom. The minimum Gasteiger partial charge on any atom is -0.356 e. The predicted molar refractivity (Wildman–Crippen MR) is 132 cm³/mol. The molecular weight excluding hydrogens is 5210 g/mol. The largest absolute Gasteiger partial charge is 0.356 e. The molecule has 0 saturated carbocycles. The Bertz CT molecular complexity index is 632. The first-order chi connectivity index (χ1) is 15.0. The number of allylic oxidation sites excluding steroid dienone is 6. The maximum atomic E-state index is 11.8. The van der Waals surface area contributed by atoms with Gasteiger partial charge in [0.05, 0.1) is 6.61 Å². The van der Waals surface area contributed by atoms with Gasteiger partial charge in [-0.2, -0.15) is 0 Å². The molecule has 0 aromatic rings. The van der Waals surface area contributed by atoms with Crippen LogP contribution in [0.1, 0.15) is 96.8 Å². The van der Waals surface area contributed by atoms with Crippen molar-refractivity contribution >= 4 is 13.5 Å². The maximum absolute atomic E-state index is 11.8. The van der Waals surface area contributed by atoms with Gasteiger partial charge in [0, 0.05) is 1790 Å². The van der Waals surface area contributed by atoms with Crippen LogP contribution in [-0.2, 0) is 1780 Å². The number of rotatable bonds is 21. The molecule has 0 bridgehead atoms. The molecule has 0 fully saturated rings. The first kappa shape index (κ1) is 372. The number of carbonyl (C=O) groups excluding carboxylic acids is 1. The molecule has 5 nitrogen and oxygen atoms in total. The van der Waals surface area contributed by atoms with Gasteiger partial charge in [-0.25, -0.2) is 0 Å². The molecular formula is C25H46NO4PY54. The Hall–Kier alpha value is 58.5. The number of nitrogens with one attached hydrogen (secondary N) is 1. The SMILES string of the molecule is CC/C=C\C/C=C\C/C=C\CCCCCCCC(=O)NCCCCCCOP(C)(=O)O.[Y].[Y].[Y].[Y].[Y].[Y].[Y].[Y].[Y].[Y].[Y].[Y].[Y].[Y].[Y].[Y].[Y].[Y].[Y].[Y].[Y].[Y].[Y].[Y].[Y].[Y].[Y].[Y].[Y].[Y].[Y].[Y].[Y].[Y].[Y].[Y].[Y].[Y].[Y].[Y].[Y].[Y].[Y].[Y].[Y].[Y].[Y].[Y].[Y].[Y].[Y].[Y].[Y].[Y]. The van der Waals surface area contributed by atoms with Crippen molar-refractivity contribution < 1.29 is 1790 Å². The molecule has 0 aliphatic rings. The Morgan fingerprint density at radius 2 is 0.529 bits per heavy atom. The first-order valence-corrected chi connectivity index (χ1v) is 14.1. The third kappa shape index (κ3) is 367. The van der Waals surface area contributed by atoms with E-state index in [0.29, 0.717) is 19.6 Å². The molecule has 0 aromatic carbocycles. The van der Waals surface area contributed by atoms with Crippen LogP contribution in [0.3, 0.4) is 0 Å². The van der Waals surface area contributed by atoms with Crippen LogP contribution in [0, 0.1) is 0 Å². The van der Waals surface area contributed by atoms with E-state index in [1.807, 2.05) is 0 Å². The van der Waals surface area contributed by atoms with Crippen LogP contribution < -0.4 is 5.32 Å². The number of amides is 1. The van der Waals surface area contributed by atoms with E-state index < -0.39 is 7.60 Å². The van der Waals surface area contributed by atoms with E-state index in [1.165, 1.54) is 25.9 Å². The first-order valence-electron chi connectivity index (χ1n) is 12.1. The second kappa shape index (κ2) is 341. The van der Waals surface area contributed by atoms with Gasteiger partial charge in [-0.3, -0.25) is 9.36 Å². The van der Waals surface area contributed by atoms with E-state index in [4.69, 9.17) is 9.42 Å².